The zero-order valence-electron chi connectivity index (χ0n) is 14.4. The van der Waals surface area contributed by atoms with E-state index >= 15 is 0 Å². The van der Waals surface area contributed by atoms with Crippen LogP contribution in [0.3, 0.4) is 0 Å². The Kier molecular flexibility index (Phi) is 6.07. The first kappa shape index (κ1) is 18.2. The normalized spacial score (nSPS) is 12.8. The van der Waals surface area contributed by atoms with E-state index in [1.54, 1.807) is 37.4 Å². The van der Waals surface area contributed by atoms with Crippen LogP contribution in [0.15, 0.2) is 36.4 Å². The molecule has 6 nitrogen and oxygen atoms in total. The summed E-state index contributed by atoms with van der Waals surface area (Å²) < 4.78 is 21.8. The number of benzene rings is 2. The molecule has 1 aliphatic heterocycles. The van der Waals surface area contributed by atoms with Gasteiger partial charge in [0.05, 0.1) is 25.3 Å². The van der Waals surface area contributed by atoms with E-state index < -0.39 is 0 Å². The molecule has 0 atom stereocenters. The molecule has 138 valence electrons. The molecule has 26 heavy (non-hydrogen) atoms. The molecule has 0 fully saturated rings. The number of hydrogen-bond acceptors (Lipinski definition) is 5. The molecule has 2 aromatic rings. The largest absolute Gasteiger partial charge is 0.497 e. The number of methoxy groups -OCH3 is 1. The standard InChI is InChI=1S/C19H20ClNO5/c1-23-14-3-5-15(6-4-14)26-12-18(22)21-11-13-9-16(20)19-17(10-13)24-7-2-8-25-19/h3-6,9-10H,2,7-8,11-12H2,1H3,(H,21,22). The van der Waals surface area contributed by atoms with Crippen molar-refractivity contribution in [2.75, 3.05) is 26.9 Å². The number of nitrogens with one attached hydrogen (secondary N) is 1. The second-order valence-electron chi connectivity index (χ2n) is 5.70. The Balaban J connectivity index is 1.52. The lowest BCUT2D eigenvalue weighted by Gasteiger charge is -2.12. The van der Waals surface area contributed by atoms with E-state index in [0.717, 1.165) is 17.7 Å². The Morgan fingerprint density at radius 2 is 1.88 bits per heavy atom. The minimum Gasteiger partial charge on any atom is -0.497 e. The molecule has 0 bridgehead atoms. The molecule has 3 rings (SSSR count). The average Bonchev–Trinajstić information content (AvgIpc) is 2.91. The molecule has 1 amide bonds. The maximum atomic E-state index is 12.0. The van der Waals surface area contributed by atoms with E-state index in [-0.39, 0.29) is 12.5 Å². The van der Waals surface area contributed by atoms with Gasteiger partial charge in [-0.1, -0.05) is 11.6 Å². The highest BCUT2D eigenvalue weighted by Gasteiger charge is 2.16. The molecule has 0 aromatic heterocycles. The van der Waals surface area contributed by atoms with E-state index in [1.165, 1.54) is 0 Å². The summed E-state index contributed by atoms with van der Waals surface area (Å²) in [4.78, 5) is 12.0. The van der Waals surface area contributed by atoms with E-state index in [2.05, 4.69) is 5.32 Å². The molecule has 7 heteroatoms. The van der Waals surface area contributed by atoms with Crippen molar-refractivity contribution in [1.82, 2.24) is 5.32 Å². The van der Waals surface area contributed by atoms with Gasteiger partial charge in [0.15, 0.2) is 18.1 Å². The van der Waals surface area contributed by atoms with Crippen molar-refractivity contribution in [3.05, 3.63) is 47.0 Å². The van der Waals surface area contributed by atoms with Gasteiger partial charge in [0.2, 0.25) is 0 Å². The molecule has 0 unspecified atom stereocenters. The third-order valence-electron chi connectivity index (χ3n) is 3.78. The van der Waals surface area contributed by atoms with Crippen molar-refractivity contribution in [3.63, 3.8) is 0 Å². The smallest absolute Gasteiger partial charge is 0.258 e. The van der Waals surface area contributed by atoms with Crippen molar-refractivity contribution in [3.8, 4) is 23.0 Å². The molecule has 0 radical (unpaired) electrons. The lowest BCUT2D eigenvalue weighted by atomic mass is 10.2. The minimum atomic E-state index is -0.232. The summed E-state index contributed by atoms with van der Waals surface area (Å²) in [6.07, 6.45) is 0.805. The van der Waals surface area contributed by atoms with Gasteiger partial charge in [0, 0.05) is 13.0 Å². The van der Waals surface area contributed by atoms with Crippen molar-refractivity contribution in [1.29, 1.82) is 0 Å². The van der Waals surface area contributed by atoms with Gasteiger partial charge in [0.1, 0.15) is 11.5 Å². The Morgan fingerprint density at radius 3 is 2.65 bits per heavy atom. The fraction of sp³-hybridized carbons (Fsp3) is 0.316. The van der Waals surface area contributed by atoms with Crippen LogP contribution < -0.4 is 24.3 Å². The van der Waals surface area contributed by atoms with Crippen molar-refractivity contribution >= 4 is 17.5 Å². The van der Waals surface area contributed by atoms with Crippen LogP contribution in [0.1, 0.15) is 12.0 Å². The van der Waals surface area contributed by atoms with Gasteiger partial charge in [-0.05, 0) is 42.0 Å². The van der Waals surface area contributed by atoms with Gasteiger partial charge in [-0.15, -0.1) is 0 Å². The molecule has 1 aliphatic rings. The SMILES string of the molecule is COc1ccc(OCC(=O)NCc2cc(Cl)c3c(c2)OCCCO3)cc1. The van der Waals surface area contributed by atoms with E-state index in [9.17, 15) is 4.79 Å². The van der Waals surface area contributed by atoms with Gasteiger partial charge in [-0.2, -0.15) is 0 Å². The first-order valence-electron chi connectivity index (χ1n) is 8.27. The summed E-state index contributed by atoms with van der Waals surface area (Å²) in [5, 5.41) is 3.27. The van der Waals surface area contributed by atoms with E-state index in [4.69, 9.17) is 30.5 Å². The highest BCUT2D eigenvalue weighted by atomic mass is 35.5. The number of carbonyl (C=O) groups excluding carboxylic acids is 1. The van der Waals surface area contributed by atoms with Crippen molar-refractivity contribution in [2.45, 2.75) is 13.0 Å². The Bertz CT molecular complexity index is 763. The molecule has 0 spiro atoms. The van der Waals surface area contributed by atoms with E-state index in [0.29, 0.717) is 42.0 Å². The minimum absolute atomic E-state index is 0.0788. The third-order valence-corrected chi connectivity index (χ3v) is 4.06. The first-order chi connectivity index (χ1) is 12.7. The summed E-state index contributed by atoms with van der Waals surface area (Å²) in [5.74, 6) is 2.26. The van der Waals surface area contributed by atoms with Crippen LogP contribution in [0.5, 0.6) is 23.0 Å². The van der Waals surface area contributed by atoms with Gasteiger partial charge in [-0.3, -0.25) is 4.79 Å². The zero-order valence-corrected chi connectivity index (χ0v) is 15.2. The molecule has 0 saturated carbocycles. The quantitative estimate of drug-likeness (QED) is 0.837. The molecule has 2 aromatic carbocycles. The highest BCUT2D eigenvalue weighted by molar-refractivity contribution is 6.32. The van der Waals surface area contributed by atoms with Crippen molar-refractivity contribution in [2.24, 2.45) is 0 Å². The summed E-state index contributed by atoms with van der Waals surface area (Å²) in [6, 6.07) is 10.6. The van der Waals surface area contributed by atoms with Crippen LogP contribution in [0.2, 0.25) is 5.02 Å². The summed E-state index contributed by atoms with van der Waals surface area (Å²) in [5.41, 5.74) is 0.831. The predicted molar refractivity (Wildman–Crippen MR) is 97.4 cm³/mol. The monoisotopic (exact) mass is 377 g/mol. The summed E-state index contributed by atoms with van der Waals surface area (Å²) in [7, 11) is 1.59. The fourth-order valence-corrected chi connectivity index (χ4v) is 2.75. The molecular weight excluding hydrogens is 358 g/mol. The molecular formula is C19H20ClNO5. The lowest BCUT2D eigenvalue weighted by Crippen LogP contribution is -2.28. The van der Waals surface area contributed by atoms with E-state index in [1.807, 2.05) is 6.07 Å². The van der Waals surface area contributed by atoms with Crippen LogP contribution in [-0.2, 0) is 11.3 Å². The predicted octanol–water partition coefficient (Wildman–Crippen LogP) is 3.21. The van der Waals surface area contributed by atoms with Gasteiger partial charge in [0.25, 0.3) is 5.91 Å². The lowest BCUT2D eigenvalue weighted by molar-refractivity contribution is -0.123. The number of carbonyl (C=O) groups is 1. The first-order valence-corrected chi connectivity index (χ1v) is 8.65. The van der Waals surface area contributed by atoms with Crippen LogP contribution in [-0.4, -0.2) is 32.8 Å². The van der Waals surface area contributed by atoms with Crippen LogP contribution >= 0.6 is 11.6 Å². The second-order valence-corrected chi connectivity index (χ2v) is 6.10. The topological polar surface area (TPSA) is 66.0 Å². The number of rotatable bonds is 6. The Morgan fingerprint density at radius 1 is 1.15 bits per heavy atom. The Hall–Kier alpha value is -2.60. The molecule has 1 heterocycles. The average molecular weight is 378 g/mol. The summed E-state index contributed by atoms with van der Waals surface area (Å²) in [6.45, 7) is 1.39. The zero-order chi connectivity index (χ0) is 18.4. The number of amides is 1. The van der Waals surface area contributed by atoms with Crippen LogP contribution in [0, 0.1) is 0 Å². The fourth-order valence-electron chi connectivity index (χ4n) is 2.46. The van der Waals surface area contributed by atoms with Crippen LogP contribution in [0.4, 0.5) is 0 Å². The van der Waals surface area contributed by atoms with Gasteiger partial charge >= 0.3 is 0 Å². The van der Waals surface area contributed by atoms with Crippen LogP contribution in [0.25, 0.3) is 0 Å². The molecule has 0 aliphatic carbocycles. The highest BCUT2D eigenvalue weighted by Crippen LogP contribution is 2.37. The number of fused-ring (bicyclic) bond motifs is 1. The molecule has 1 N–H and O–H groups in total. The van der Waals surface area contributed by atoms with Gasteiger partial charge in [-0.25, -0.2) is 0 Å². The number of halogens is 1. The maximum absolute atomic E-state index is 12.0. The third kappa shape index (κ3) is 4.73. The maximum Gasteiger partial charge on any atom is 0.258 e. The summed E-state index contributed by atoms with van der Waals surface area (Å²) >= 11 is 6.25. The second kappa shape index (κ2) is 8.67. The number of hydrogen-bond donors (Lipinski definition) is 1. The number of ether oxygens (including phenoxy) is 4. The van der Waals surface area contributed by atoms with Crippen molar-refractivity contribution < 1.29 is 23.7 Å². The molecule has 0 saturated heterocycles. The Labute approximate surface area is 157 Å². The van der Waals surface area contributed by atoms with Gasteiger partial charge < -0.3 is 24.3 Å².